The van der Waals surface area contributed by atoms with Crippen LogP contribution in [0.5, 0.6) is 5.75 Å². The van der Waals surface area contributed by atoms with Crippen molar-refractivity contribution < 1.29 is 4.74 Å². The second-order valence-electron chi connectivity index (χ2n) is 6.47. The molecular weight excluding hydrogens is 330 g/mol. The highest BCUT2D eigenvalue weighted by atomic mass is 16.5. The molecule has 0 aliphatic rings. The van der Waals surface area contributed by atoms with Gasteiger partial charge >= 0.3 is 0 Å². The largest absolute Gasteiger partial charge is 0.488 e. The molecule has 4 aromatic rings. The Balaban J connectivity index is 1.71. The van der Waals surface area contributed by atoms with Gasteiger partial charge in [0.1, 0.15) is 12.4 Å². The van der Waals surface area contributed by atoms with Crippen LogP contribution in [0.2, 0.25) is 0 Å². The third-order valence-corrected chi connectivity index (χ3v) is 4.53. The summed E-state index contributed by atoms with van der Waals surface area (Å²) in [5.41, 5.74) is 5.75. The summed E-state index contributed by atoms with van der Waals surface area (Å²) in [4.78, 5) is 4.28. The lowest BCUT2D eigenvalue weighted by atomic mass is 9.98. The molecule has 0 atom stereocenters. The van der Waals surface area contributed by atoms with Gasteiger partial charge in [-0.25, -0.2) is 0 Å². The Labute approximate surface area is 160 Å². The molecule has 0 amide bonds. The van der Waals surface area contributed by atoms with Crippen LogP contribution in [0.25, 0.3) is 11.1 Å². The van der Waals surface area contributed by atoms with Gasteiger partial charge < -0.3 is 4.74 Å². The Bertz CT molecular complexity index is 982. The number of rotatable bonds is 6. The first-order valence-electron chi connectivity index (χ1n) is 9.13. The number of nitrogens with zero attached hydrogens (tertiary/aromatic N) is 1. The Morgan fingerprint density at radius 2 is 1.41 bits per heavy atom. The summed E-state index contributed by atoms with van der Waals surface area (Å²) in [5.74, 6) is 0.929. The predicted molar refractivity (Wildman–Crippen MR) is 110 cm³/mol. The number of aromatic nitrogens is 1. The van der Waals surface area contributed by atoms with Gasteiger partial charge in [-0.2, -0.15) is 0 Å². The van der Waals surface area contributed by atoms with Crippen LogP contribution in [0.4, 0.5) is 0 Å². The minimum Gasteiger partial charge on any atom is -0.488 e. The van der Waals surface area contributed by atoms with E-state index in [0.29, 0.717) is 6.61 Å². The number of para-hydroxylation sites is 1. The molecule has 27 heavy (non-hydrogen) atoms. The van der Waals surface area contributed by atoms with Gasteiger partial charge in [0.15, 0.2) is 0 Å². The van der Waals surface area contributed by atoms with E-state index in [9.17, 15) is 0 Å². The summed E-state index contributed by atoms with van der Waals surface area (Å²) in [6, 6.07) is 31.1. The third-order valence-electron chi connectivity index (χ3n) is 4.53. The van der Waals surface area contributed by atoms with E-state index < -0.39 is 0 Å². The molecule has 0 saturated heterocycles. The Hall–Kier alpha value is -3.39. The van der Waals surface area contributed by atoms with Crippen molar-refractivity contribution >= 4 is 0 Å². The SMILES string of the molecule is c1ccc(COc2c(Cc3ccccc3)cccc2-c2cccnc2)cc1. The molecule has 2 nitrogen and oxygen atoms in total. The van der Waals surface area contributed by atoms with Crippen molar-refractivity contribution in [3.05, 3.63) is 120 Å². The van der Waals surface area contributed by atoms with Crippen LogP contribution >= 0.6 is 0 Å². The fourth-order valence-electron chi connectivity index (χ4n) is 3.19. The topological polar surface area (TPSA) is 22.1 Å². The van der Waals surface area contributed by atoms with Crippen molar-refractivity contribution in [3.63, 3.8) is 0 Å². The average molecular weight is 351 g/mol. The maximum absolute atomic E-state index is 6.35. The second kappa shape index (κ2) is 8.33. The van der Waals surface area contributed by atoms with E-state index in [-0.39, 0.29) is 0 Å². The van der Waals surface area contributed by atoms with Crippen LogP contribution in [0.3, 0.4) is 0 Å². The smallest absolute Gasteiger partial charge is 0.131 e. The molecule has 0 fully saturated rings. The minimum atomic E-state index is 0.542. The summed E-state index contributed by atoms with van der Waals surface area (Å²) in [6.45, 7) is 0.542. The van der Waals surface area contributed by atoms with Crippen LogP contribution < -0.4 is 4.74 Å². The highest BCUT2D eigenvalue weighted by molar-refractivity contribution is 5.71. The fourth-order valence-corrected chi connectivity index (χ4v) is 3.19. The van der Waals surface area contributed by atoms with Crippen LogP contribution in [0.15, 0.2) is 103 Å². The van der Waals surface area contributed by atoms with Crippen LogP contribution in [-0.2, 0) is 13.0 Å². The van der Waals surface area contributed by atoms with E-state index >= 15 is 0 Å². The quantitative estimate of drug-likeness (QED) is 0.430. The van der Waals surface area contributed by atoms with E-state index in [2.05, 4.69) is 65.6 Å². The van der Waals surface area contributed by atoms with Crippen LogP contribution in [0, 0.1) is 0 Å². The number of benzene rings is 3. The molecule has 3 aromatic carbocycles. The average Bonchev–Trinajstić information content (AvgIpc) is 2.75. The van der Waals surface area contributed by atoms with Crippen molar-refractivity contribution in [1.82, 2.24) is 4.98 Å². The molecule has 132 valence electrons. The van der Waals surface area contributed by atoms with Crippen LogP contribution in [-0.4, -0.2) is 4.98 Å². The maximum Gasteiger partial charge on any atom is 0.131 e. The molecule has 4 rings (SSSR count). The monoisotopic (exact) mass is 351 g/mol. The predicted octanol–water partition coefficient (Wildman–Crippen LogP) is 5.92. The molecule has 0 N–H and O–H groups in total. The minimum absolute atomic E-state index is 0.542. The zero-order valence-corrected chi connectivity index (χ0v) is 15.1. The van der Waals surface area contributed by atoms with Gasteiger partial charge in [0.25, 0.3) is 0 Å². The van der Waals surface area contributed by atoms with Gasteiger partial charge in [0.05, 0.1) is 0 Å². The van der Waals surface area contributed by atoms with Gasteiger partial charge in [-0.15, -0.1) is 0 Å². The number of ether oxygens (including phenoxy) is 1. The Morgan fingerprint density at radius 3 is 2.11 bits per heavy atom. The van der Waals surface area contributed by atoms with Gasteiger partial charge in [-0.3, -0.25) is 4.98 Å². The standard InChI is InChI=1S/C25H21NO/c1-3-9-20(10-4-1)17-22-13-7-15-24(23-14-8-16-26-18-23)25(22)27-19-21-11-5-2-6-12-21/h1-16,18H,17,19H2. The lowest BCUT2D eigenvalue weighted by Crippen LogP contribution is -2.01. The van der Waals surface area contributed by atoms with Gasteiger partial charge in [-0.1, -0.05) is 84.9 Å². The van der Waals surface area contributed by atoms with Crippen molar-refractivity contribution in [3.8, 4) is 16.9 Å². The lowest BCUT2D eigenvalue weighted by molar-refractivity contribution is 0.305. The molecule has 0 unspecified atom stereocenters. The molecule has 0 saturated carbocycles. The normalized spacial score (nSPS) is 10.5. The van der Waals surface area contributed by atoms with Crippen molar-refractivity contribution in [2.75, 3.05) is 0 Å². The first-order chi connectivity index (χ1) is 13.4. The van der Waals surface area contributed by atoms with Crippen molar-refractivity contribution in [1.29, 1.82) is 0 Å². The van der Waals surface area contributed by atoms with Gasteiger partial charge in [0, 0.05) is 29.9 Å². The van der Waals surface area contributed by atoms with Crippen LogP contribution in [0.1, 0.15) is 16.7 Å². The second-order valence-corrected chi connectivity index (χ2v) is 6.47. The van der Waals surface area contributed by atoms with E-state index in [4.69, 9.17) is 4.74 Å². The highest BCUT2D eigenvalue weighted by Crippen LogP contribution is 2.34. The van der Waals surface area contributed by atoms with E-state index in [1.54, 1.807) is 6.20 Å². The molecule has 1 heterocycles. The summed E-state index contributed by atoms with van der Waals surface area (Å²) in [7, 11) is 0. The molecule has 0 aliphatic carbocycles. The van der Waals surface area contributed by atoms with E-state index in [1.807, 2.05) is 36.5 Å². The van der Waals surface area contributed by atoms with Crippen molar-refractivity contribution in [2.24, 2.45) is 0 Å². The zero-order valence-electron chi connectivity index (χ0n) is 15.1. The summed E-state index contributed by atoms with van der Waals surface area (Å²) in [5, 5.41) is 0. The third kappa shape index (κ3) is 4.24. The Kier molecular flexibility index (Phi) is 5.26. The lowest BCUT2D eigenvalue weighted by Gasteiger charge is -2.16. The molecule has 2 heteroatoms. The summed E-state index contributed by atoms with van der Waals surface area (Å²) < 4.78 is 6.35. The number of pyridine rings is 1. The molecule has 1 aromatic heterocycles. The highest BCUT2D eigenvalue weighted by Gasteiger charge is 2.13. The maximum atomic E-state index is 6.35. The first kappa shape index (κ1) is 17.0. The van der Waals surface area contributed by atoms with Gasteiger partial charge in [0.2, 0.25) is 0 Å². The van der Waals surface area contributed by atoms with Crippen molar-refractivity contribution in [2.45, 2.75) is 13.0 Å². The number of hydrogen-bond acceptors (Lipinski definition) is 2. The van der Waals surface area contributed by atoms with E-state index in [1.165, 1.54) is 11.1 Å². The summed E-state index contributed by atoms with van der Waals surface area (Å²) >= 11 is 0. The molecule has 0 bridgehead atoms. The molecule has 0 spiro atoms. The van der Waals surface area contributed by atoms with E-state index in [0.717, 1.165) is 28.9 Å². The first-order valence-corrected chi connectivity index (χ1v) is 9.13. The summed E-state index contributed by atoms with van der Waals surface area (Å²) in [6.07, 6.45) is 4.51. The van der Waals surface area contributed by atoms with Gasteiger partial charge in [-0.05, 0) is 22.8 Å². The fraction of sp³-hybridized carbons (Fsp3) is 0.0800. The zero-order chi connectivity index (χ0) is 18.3. The molecular formula is C25H21NO. The molecule has 0 radical (unpaired) electrons. The number of hydrogen-bond donors (Lipinski definition) is 0. The molecule has 0 aliphatic heterocycles. The Morgan fingerprint density at radius 1 is 0.667 bits per heavy atom.